The summed E-state index contributed by atoms with van der Waals surface area (Å²) in [5.74, 6) is 0.107. The van der Waals surface area contributed by atoms with Crippen molar-refractivity contribution in [2.24, 2.45) is 0 Å². The molecule has 146 valence electrons. The van der Waals surface area contributed by atoms with Gasteiger partial charge in [0, 0.05) is 25.6 Å². The van der Waals surface area contributed by atoms with Gasteiger partial charge in [-0.2, -0.15) is 13.2 Å². The molecule has 1 heterocycles. The molecule has 1 amide bonds. The molecule has 0 bridgehead atoms. The van der Waals surface area contributed by atoms with E-state index in [1.54, 1.807) is 13.1 Å². The second-order valence-corrected chi connectivity index (χ2v) is 8.81. The molecule has 1 N–H and O–H groups in total. The molecule has 1 fully saturated rings. The van der Waals surface area contributed by atoms with Crippen molar-refractivity contribution >= 4 is 15.7 Å². The Hall–Kier alpha value is -1.61. The SMILES string of the molecule is CN(CCC(=O)NCCc1cccc(C(F)(F)F)c1)C1CCS(=O)(=O)C1. The minimum absolute atomic E-state index is 0.0575. The van der Waals surface area contributed by atoms with Crippen molar-refractivity contribution in [3.63, 3.8) is 0 Å². The van der Waals surface area contributed by atoms with Crippen LogP contribution in [0.3, 0.4) is 0 Å². The van der Waals surface area contributed by atoms with E-state index in [2.05, 4.69) is 5.32 Å². The van der Waals surface area contributed by atoms with E-state index in [9.17, 15) is 26.4 Å². The van der Waals surface area contributed by atoms with Gasteiger partial charge in [-0.15, -0.1) is 0 Å². The molecule has 1 aromatic carbocycles. The number of carbonyl (C=O) groups excluding carboxylic acids is 1. The molecule has 26 heavy (non-hydrogen) atoms. The Bertz CT molecular complexity index is 735. The Balaban J connectivity index is 1.71. The fourth-order valence-corrected chi connectivity index (χ4v) is 4.73. The molecule has 1 unspecified atom stereocenters. The predicted molar refractivity (Wildman–Crippen MR) is 92.5 cm³/mol. The zero-order chi connectivity index (χ0) is 19.4. The fourth-order valence-electron chi connectivity index (χ4n) is 2.92. The van der Waals surface area contributed by atoms with Crippen molar-refractivity contribution in [1.29, 1.82) is 0 Å². The monoisotopic (exact) mass is 392 g/mol. The van der Waals surface area contributed by atoms with Gasteiger partial charge >= 0.3 is 6.18 Å². The molecule has 1 atom stereocenters. The van der Waals surface area contributed by atoms with Gasteiger partial charge < -0.3 is 10.2 Å². The molecule has 0 radical (unpaired) electrons. The summed E-state index contributed by atoms with van der Waals surface area (Å²) in [4.78, 5) is 13.7. The Morgan fingerprint density at radius 2 is 2.08 bits per heavy atom. The maximum atomic E-state index is 12.7. The topological polar surface area (TPSA) is 66.5 Å². The first-order valence-corrected chi connectivity index (χ1v) is 10.2. The number of carbonyl (C=O) groups is 1. The van der Waals surface area contributed by atoms with Crippen LogP contribution in [0.15, 0.2) is 24.3 Å². The van der Waals surface area contributed by atoms with Crippen LogP contribution in [0, 0.1) is 0 Å². The van der Waals surface area contributed by atoms with Gasteiger partial charge in [-0.25, -0.2) is 8.42 Å². The Kier molecular flexibility index (Phi) is 6.68. The van der Waals surface area contributed by atoms with Crippen molar-refractivity contribution in [2.75, 3.05) is 31.6 Å². The van der Waals surface area contributed by atoms with Crippen molar-refractivity contribution in [2.45, 2.75) is 31.5 Å². The molecule has 9 heteroatoms. The molecule has 5 nitrogen and oxygen atoms in total. The maximum Gasteiger partial charge on any atom is 0.416 e. The van der Waals surface area contributed by atoms with E-state index in [1.807, 2.05) is 4.90 Å². The van der Waals surface area contributed by atoms with E-state index in [-0.39, 0.29) is 36.4 Å². The number of halogens is 3. The largest absolute Gasteiger partial charge is 0.416 e. The van der Waals surface area contributed by atoms with Crippen LogP contribution >= 0.6 is 0 Å². The summed E-state index contributed by atoms with van der Waals surface area (Å²) in [6, 6.07) is 4.99. The number of rotatable bonds is 7. The highest BCUT2D eigenvalue weighted by atomic mass is 32.2. The van der Waals surface area contributed by atoms with Gasteiger partial charge in [0.2, 0.25) is 5.91 Å². The first kappa shape index (κ1) is 20.7. The molecule has 1 aromatic rings. The van der Waals surface area contributed by atoms with Crippen LogP contribution in [0.4, 0.5) is 13.2 Å². The molecular formula is C17H23F3N2O3S. The lowest BCUT2D eigenvalue weighted by molar-refractivity contribution is -0.137. The molecule has 0 aliphatic carbocycles. The van der Waals surface area contributed by atoms with Gasteiger partial charge in [-0.05, 0) is 31.5 Å². The molecule has 0 spiro atoms. The molecular weight excluding hydrogens is 369 g/mol. The van der Waals surface area contributed by atoms with E-state index < -0.39 is 21.6 Å². The number of hydrogen-bond donors (Lipinski definition) is 1. The van der Waals surface area contributed by atoms with Crippen LogP contribution in [-0.4, -0.2) is 56.9 Å². The van der Waals surface area contributed by atoms with Gasteiger partial charge in [0.05, 0.1) is 17.1 Å². The van der Waals surface area contributed by atoms with Crippen LogP contribution in [0.25, 0.3) is 0 Å². The highest BCUT2D eigenvalue weighted by Gasteiger charge is 2.31. The summed E-state index contributed by atoms with van der Waals surface area (Å²) < 4.78 is 60.9. The van der Waals surface area contributed by atoms with E-state index in [0.29, 0.717) is 24.9 Å². The standard InChI is InChI=1S/C17H23F3N2O3S/c1-22(15-7-10-26(24,25)12-15)9-6-16(23)21-8-5-13-3-2-4-14(11-13)17(18,19)20/h2-4,11,15H,5-10,12H2,1H3,(H,21,23). The fraction of sp³-hybridized carbons (Fsp3) is 0.588. The lowest BCUT2D eigenvalue weighted by Crippen LogP contribution is -2.36. The average molecular weight is 392 g/mol. The smallest absolute Gasteiger partial charge is 0.356 e. The van der Waals surface area contributed by atoms with Crippen LogP contribution in [0.2, 0.25) is 0 Å². The van der Waals surface area contributed by atoms with Gasteiger partial charge in [-0.1, -0.05) is 18.2 Å². The summed E-state index contributed by atoms with van der Waals surface area (Å²) in [6.07, 6.45) is -3.27. The molecule has 0 aromatic heterocycles. The Morgan fingerprint density at radius 1 is 1.35 bits per heavy atom. The van der Waals surface area contributed by atoms with Crippen molar-refractivity contribution in [1.82, 2.24) is 10.2 Å². The van der Waals surface area contributed by atoms with Crippen LogP contribution in [0.5, 0.6) is 0 Å². The van der Waals surface area contributed by atoms with Crippen LogP contribution < -0.4 is 5.32 Å². The van der Waals surface area contributed by atoms with Gasteiger partial charge in [0.25, 0.3) is 0 Å². The van der Waals surface area contributed by atoms with Gasteiger partial charge in [-0.3, -0.25) is 4.79 Å². The summed E-state index contributed by atoms with van der Waals surface area (Å²) in [5, 5.41) is 2.69. The molecule has 1 aliphatic heterocycles. The third-order valence-corrected chi connectivity index (χ3v) is 6.26. The molecule has 1 saturated heterocycles. The van der Waals surface area contributed by atoms with Crippen LogP contribution in [0.1, 0.15) is 24.0 Å². The third-order valence-electron chi connectivity index (χ3n) is 4.51. The highest BCUT2D eigenvalue weighted by molar-refractivity contribution is 7.91. The van der Waals surface area contributed by atoms with E-state index in [0.717, 1.165) is 12.1 Å². The first-order valence-electron chi connectivity index (χ1n) is 8.40. The van der Waals surface area contributed by atoms with E-state index >= 15 is 0 Å². The molecule has 2 rings (SSSR count). The minimum atomic E-state index is -4.38. The average Bonchev–Trinajstić information content (AvgIpc) is 2.92. The number of alkyl halides is 3. The number of hydrogen-bond acceptors (Lipinski definition) is 4. The zero-order valence-corrected chi connectivity index (χ0v) is 15.4. The van der Waals surface area contributed by atoms with E-state index in [1.165, 1.54) is 6.07 Å². The number of amides is 1. The normalized spacial score (nSPS) is 19.7. The maximum absolute atomic E-state index is 12.7. The van der Waals surface area contributed by atoms with Crippen molar-refractivity contribution < 1.29 is 26.4 Å². The predicted octanol–water partition coefficient (Wildman–Crippen LogP) is 1.87. The van der Waals surface area contributed by atoms with Gasteiger partial charge in [0.1, 0.15) is 0 Å². The Labute approximate surface area is 151 Å². The highest BCUT2D eigenvalue weighted by Crippen LogP contribution is 2.29. The minimum Gasteiger partial charge on any atom is -0.356 e. The number of sulfone groups is 1. The second kappa shape index (κ2) is 8.39. The molecule has 1 aliphatic rings. The lowest BCUT2D eigenvalue weighted by Gasteiger charge is -2.22. The second-order valence-electron chi connectivity index (χ2n) is 6.59. The molecule has 0 saturated carbocycles. The van der Waals surface area contributed by atoms with Crippen molar-refractivity contribution in [3.05, 3.63) is 35.4 Å². The quantitative estimate of drug-likeness (QED) is 0.770. The summed E-state index contributed by atoms with van der Waals surface area (Å²) in [5.41, 5.74) is -0.192. The summed E-state index contributed by atoms with van der Waals surface area (Å²) >= 11 is 0. The van der Waals surface area contributed by atoms with Gasteiger partial charge in [0.15, 0.2) is 9.84 Å². The number of nitrogens with zero attached hydrogens (tertiary/aromatic N) is 1. The third kappa shape index (κ3) is 6.28. The van der Waals surface area contributed by atoms with Crippen LogP contribution in [-0.2, 0) is 27.2 Å². The Morgan fingerprint density at radius 3 is 2.69 bits per heavy atom. The number of benzene rings is 1. The summed E-state index contributed by atoms with van der Waals surface area (Å²) in [6.45, 7) is 0.692. The first-order chi connectivity index (χ1) is 12.1. The zero-order valence-electron chi connectivity index (χ0n) is 14.6. The van der Waals surface area contributed by atoms with Crippen molar-refractivity contribution in [3.8, 4) is 0 Å². The van der Waals surface area contributed by atoms with E-state index in [4.69, 9.17) is 0 Å². The number of nitrogens with one attached hydrogen (secondary N) is 1. The lowest BCUT2D eigenvalue weighted by atomic mass is 10.1. The summed E-state index contributed by atoms with van der Waals surface area (Å²) in [7, 11) is -1.17.